The zero-order chi connectivity index (χ0) is 12.5. The number of anilines is 1. The highest BCUT2D eigenvalue weighted by Crippen LogP contribution is 2.39. The van der Waals surface area contributed by atoms with Gasteiger partial charge in [-0.1, -0.05) is 0 Å². The van der Waals surface area contributed by atoms with Gasteiger partial charge in [0.2, 0.25) is 0 Å². The summed E-state index contributed by atoms with van der Waals surface area (Å²) in [5.74, 6) is 1.11. The molecule has 1 aromatic heterocycles. The molecule has 0 aliphatic heterocycles. The molecule has 1 aromatic rings. The number of pyridine rings is 1. The van der Waals surface area contributed by atoms with Crippen LogP contribution in [0.2, 0.25) is 0 Å². The quantitative estimate of drug-likeness (QED) is 0.763. The van der Waals surface area contributed by atoms with E-state index in [0.717, 1.165) is 12.8 Å². The highest BCUT2D eigenvalue weighted by molar-refractivity contribution is 5.93. The molecule has 4 heteroatoms. The van der Waals surface area contributed by atoms with Crippen LogP contribution in [0.1, 0.15) is 37.0 Å². The number of carbonyl (C=O) groups is 1. The first-order valence-electron chi connectivity index (χ1n) is 5.92. The molecular formula is C13H18N2O2. The Kier molecular flexibility index (Phi) is 3.15. The van der Waals surface area contributed by atoms with Gasteiger partial charge in [-0.25, -0.2) is 4.98 Å². The van der Waals surface area contributed by atoms with Gasteiger partial charge in [-0.15, -0.1) is 0 Å². The topological polar surface area (TPSA) is 62.2 Å². The summed E-state index contributed by atoms with van der Waals surface area (Å²) in [6, 6.07) is 3.50. The van der Waals surface area contributed by atoms with Gasteiger partial charge in [0.15, 0.2) is 5.78 Å². The van der Waals surface area contributed by atoms with Gasteiger partial charge in [0.1, 0.15) is 5.82 Å². The van der Waals surface area contributed by atoms with Gasteiger partial charge >= 0.3 is 0 Å². The van der Waals surface area contributed by atoms with Gasteiger partial charge in [0.05, 0.1) is 5.60 Å². The number of rotatable bonds is 5. The molecule has 1 aliphatic carbocycles. The van der Waals surface area contributed by atoms with Gasteiger partial charge in [0.25, 0.3) is 0 Å². The third-order valence-corrected chi connectivity index (χ3v) is 3.25. The highest BCUT2D eigenvalue weighted by Gasteiger charge is 2.39. The van der Waals surface area contributed by atoms with E-state index in [4.69, 9.17) is 0 Å². The molecule has 1 heterocycles. The van der Waals surface area contributed by atoms with Crippen LogP contribution in [0.5, 0.6) is 0 Å². The minimum absolute atomic E-state index is 0.00836. The van der Waals surface area contributed by atoms with Crippen LogP contribution >= 0.6 is 0 Å². The Labute approximate surface area is 101 Å². The summed E-state index contributed by atoms with van der Waals surface area (Å²) in [6.45, 7) is 3.85. The van der Waals surface area contributed by atoms with Crippen molar-refractivity contribution < 1.29 is 9.90 Å². The van der Waals surface area contributed by atoms with Crippen LogP contribution < -0.4 is 5.32 Å². The molecule has 92 valence electrons. The Morgan fingerprint density at radius 3 is 2.76 bits per heavy atom. The Hall–Kier alpha value is -1.42. The van der Waals surface area contributed by atoms with Crippen molar-refractivity contribution in [3.8, 4) is 0 Å². The number of hydrogen-bond acceptors (Lipinski definition) is 4. The molecule has 0 radical (unpaired) electrons. The summed E-state index contributed by atoms with van der Waals surface area (Å²) in [7, 11) is 0. The second-order valence-corrected chi connectivity index (χ2v) is 4.97. The van der Waals surface area contributed by atoms with E-state index >= 15 is 0 Å². The van der Waals surface area contributed by atoms with Crippen LogP contribution in [0.15, 0.2) is 18.3 Å². The standard InChI is InChI=1S/C13H18N2O2/c1-9(16)10-3-6-12(14-7-10)15-8-13(2,17)11-4-5-11/h3,6-7,11,17H,4-5,8H2,1-2H3,(H,14,15). The van der Waals surface area contributed by atoms with Gasteiger partial charge in [-0.05, 0) is 44.7 Å². The first kappa shape index (κ1) is 12.0. The third-order valence-electron chi connectivity index (χ3n) is 3.25. The Bertz CT molecular complexity index is 408. The summed E-state index contributed by atoms with van der Waals surface area (Å²) in [6.07, 6.45) is 3.76. The fourth-order valence-corrected chi connectivity index (χ4v) is 1.83. The lowest BCUT2D eigenvalue weighted by Crippen LogP contribution is -2.35. The van der Waals surface area contributed by atoms with Gasteiger partial charge in [-0.3, -0.25) is 4.79 Å². The molecule has 1 aliphatic rings. The third kappa shape index (κ3) is 3.03. The van der Waals surface area contributed by atoms with Crippen LogP contribution in [-0.2, 0) is 0 Å². The second-order valence-electron chi connectivity index (χ2n) is 4.97. The predicted molar refractivity (Wildman–Crippen MR) is 66.1 cm³/mol. The van der Waals surface area contributed by atoms with Crippen LogP contribution in [0.4, 0.5) is 5.82 Å². The maximum absolute atomic E-state index is 11.1. The molecule has 0 aromatic carbocycles. The number of nitrogens with one attached hydrogen (secondary N) is 1. The summed E-state index contributed by atoms with van der Waals surface area (Å²) in [5, 5.41) is 13.2. The predicted octanol–water partition coefficient (Wildman–Crippen LogP) is 1.86. The van der Waals surface area contributed by atoms with Crippen LogP contribution in [0.3, 0.4) is 0 Å². The van der Waals surface area contributed by atoms with Crippen molar-refractivity contribution in [2.45, 2.75) is 32.3 Å². The van der Waals surface area contributed by atoms with E-state index in [1.807, 2.05) is 6.92 Å². The van der Waals surface area contributed by atoms with E-state index < -0.39 is 5.60 Å². The fourth-order valence-electron chi connectivity index (χ4n) is 1.83. The molecule has 0 saturated heterocycles. The molecule has 1 atom stereocenters. The van der Waals surface area contributed by atoms with Crippen molar-refractivity contribution in [2.75, 3.05) is 11.9 Å². The van der Waals surface area contributed by atoms with Crippen molar-refractivity contribution in [2.24, 2.45) is 5.92 Å². The largest absolute Gasteiger partial charge is 0.388 e. The Balaban J connectivity index is 1.92. The Morgan fingerprint density at radius 2 is 2.29 bits per heavy atom. The SMILES string of the molecule is CC(=O)c1ccc(NCC(C)(O)C2CC2)nc1. The zero-order valence-electron chi connectivity index (χ0n) is 10.2. The monoisotopic (exact) mass is 234 g/mol. The van der Waals surface area contributed by atoms with Crippen LogP contribution in [0.25, 0.3) is 0 Å². The molecule has 0 spiro atoms. The fraction of sp³-hybridized carbons (Fsp3) is 0.538. The molecule has 2 N–H and O–H groups in total. The van der Waals surface area contributed by atoms with E-state index in [2.05, 4.69) is 10.3 Å². The number of aliphatic hydroxyl groups is 1. The number of nitrogens with zero attached hydrogens (tertiary/aromatic N) is 1. The smallest absolute Gasteiger partial charge is 0.161 e. The molecule has 2 rings (SSSR count). The number of carbonyl (C=O) groups excluding carboxylic acids is 1. The molecule has 17 heavy (non-hydrogen) atoms. The normalized spacial score (nSPS) is 18.5. The first-order valence-corrected chi connectivity index (χ1v) is 5.92. The van der Waals surface area contributed by atoms with Crippen molar-refractivity contribution in [1.29, 1.82) is 0 Å². The molecular weight excluding hydrogens is 216 g/mol. The summed E-state index contributed by atoms with van der Waals surface area (Å²) in [4.78, 5) is 15.2. The van der Waals surface area contributed by atoms with Crippen LogP contribution in [-0.4, -0.2) is 28.0 Å². The average molecular weight is 234 g/mol. The van der Waals surface area contributed by atoms with Crippen LogP contribution in [0, 0.1) is 5.92 Å². The summed E-state index contributed by atoms with van der Waals surface area (Å²) >= 11 is 0. The van der Waals surface area contributed by atoms with Crippen molar-refractivity contribution in [3.63, 3.8) is 0 Å². The van der Waals surface area contributed by atoms with Crippen molar-refractivity contribution in [1.82, 2.24) is 4.98 Å². The molecule has 0 bridgehead atoms. The van der Waals surface area contributed by atoms with Gasteiger partial charge in [0, 0.05) is 18.3 Å². The van der Waals surface area contributed by atoms with Crippen molar-refractivity contribution >= 4 is 11.6 Å². The van der Waals surface area contributed by atoms with Crippen molar-refractivity contribution in [3.05, 3.63) is 23.9 Å². The van der Waals surface area contributed by atoms with E-state index in [0.29, 0.717) is 23.8 Å². The number of Topliss-reactive ketones (excluding diaryl/α,β-unsaturated/α-hetero) is 1. The minimum Gasteiger partial charge on any atom is -0.388 e. The second kappa shape index (κ2) is 4.45. The average Bonchev–Trinajstić information content (AvgIpc) is 3.11. The summed E-state index contributed by atoms with van der Waals surface area (Å²) < 4.78 is 0. The lowest BCUT2D eigenvalue weighted by Gasteiger charge is -2.23. The summed E-state index contributed by atoms with van der Waals surface area (Å²) in [5.41, 5.74) is -0.0644. The molecule has 1 saturated carbocycles. The van der Waals surface area contributed by atoms with Gasteiger partial charge in [-0.2, -0.15) is 0 Å². The maximum Gasteiger partial charge on any atom is 0.161 e. The van der Waals surface area contributed by atoms with E-state index in [1.54, 1.807) is 18.3 Å². The lowest BCUT2D eigenvalue weighted by atomic mass is 10.0. The first-order chi connectivity index (χ1) is 7.99. The molecule has 4 nitrogen and oxygen atoms in total. The van der Waals surface area contributed by atoms with E-state index in [1.165, 1.54) is 6.92 Å². The number of aromatic nitrogens is 1. The number of ketones is 1. The van der Waals surface area contributed by atoms with E-state index in [9.17, 15) is 9.90 Å². The minimum atomic E-state index is -0.666. The molecule has 1 unspecified atom stereocenters. The number of hydrogen-bond donors (Lipinski definition) is 2. The van der Waals surface area contributed by atoms with E-state index in [-0.39, 0.29) is 5.78 Å². The Morgan fingerprint density at radius 1 is 1.59 bits per heavy atom. The maximum atomic E-state index is 11.1. The highest BCUT2D eigenvalue weighted by atomic mass is 16.3. The zero-order valence-corrected chi connectivity index (χ0v) is 10.2. The lowest BCUT2D eigenvalue weighted by molar-refractivity contribution is 0.0502. The van der Waals surface area contributed by atoms with Gasteiger partial charge < -0.3 is 10.4 Å². The molecule has 0 amide bonds. The molecule has 1 fully saturated rings.